The highest BCUT2D eigenvalue weighted by atomic mass is 32.1. The second-order valence-corrected chi connectivity index (χ2v) is 10.6. The summed E-state index contributed by atoms with van der Waals surface area (Å²) in [6.07, 6.45) is 7.39. The summed E-state index contributed by atoms with van der Waals surface area (Å²) < 4.78 is 9.96. The monoisotopic (exact) mass is 570 g/mol. The van der Waals surface area contributed by atoms with E-state index in [0.29, 0.717) is 15.8 Å². The number of hydrogen-bond donors (Lipinski definition) is 3. The molecule has 0 aliphatic rings. The number of aromatic nitrogens is 2. The Hall–Kier alpha value is -3.73. The average molecular weight is 571 g/mol. The molecule has 3 rings (SSSR count). The number of aryl methyl sites for hydroxylation is 2. The van der Waals surface area contributed by atoms with Gasteiger partial charge in [0.1, 0.15) is 10.9 Å². The molecule has 10 nitrogen and oxygen atoms in total. The number of H-pyrrole nitrogens is 1. The Balaban J connectivity index is 1.37. The lowest BCUT2D eigenvalue weighted by molar-refractivity contribution is -0.146. The van der Waals surface area contributed by atoms with E-state index in [4.69, 9.17) is 15.2 Å². The van der Waals surface area contributed by atoms with E-state index >= 15 is 0 Å². The van der Waals surface area contributed by atoms with Gasteiger partial charge in [0.05, 0.1) is 18.6 Å². The molecule has 40 heavy (non-hydrogen) atoms. The first-order valence-corrected chi connectivity index (χ1v) is 14.6. The summed E-state index contributed by atoms with van der Waals surface area (Å²) in [7, 11) is 0. The topological polar surface area (TPSA) is 153 Å². The second-order valence-electron chi connectivity index (χ2n) is 9.47. The van der Waals surface area contributed by atoms with Crippen molar-refractivity contribution in [3.05, 3.63) is 56.7 Å². The van der Waals surface area contributed by atoms with Gasteiger partial charge < -0.3 is 20.5 Å². The number of unbranched alkanes of at least 4 members (excludes halogenated alkanes) is 4. The molecule has 0 saturated heterocycles. The number of amides is 1. The molecule has 1 amide bonds. The molecule has 0 bridgehead atoms. The Morgan fingerprint density at radius 1 is 1.00 bits per heavy atom. The van der Waals surface area contributed by atoms with Gasteiger partial charge in [-0.25, -0.2) is 9.78 Å². The van der Waals surface area contributed by atoms with Crippen LogP contribution in [0.5, 0.6) is 0 Å². The highest BCUT2D eigenvalue weighted by molar-refractivity contribution is 7.18. The molecule has 0 aliphatic carbocycles. The molecule has 4 N–H and O–H groups in total. The minimum absolute atomic E-state index is 0.00971. The number of aromatic amines is 1. The van der Waals surface area contributed by atoms with E-state index in [-0.39, 0.29) is 37.6 Å². The lowest BCUT2D eigenvalue weighted by atomic mass is 10.0. The molecule has 0 fully saturated rings. The van der Waals surface area contributed by atoms with E-state index in [1.165, 1.54) is 11.3 Å². The summed E-state index contributed by atoms with van der Waals surface area (Å²) >= 11 is 1.52. The van der Waals surface area contributed by atoms with Crippen LogP contribution in [0.2, 0.25) is 0 Å². The fourth-order valence-corrected chi connectivity index (χ4v) is 5.41. The second kappa shape index (κ2) is 15.8. The molecule has 1 aromatic carbocycles. The molecule has 2 aromatic heterocycles. The molecule has 1 atom stereocenters. The van der Waals surface area contributed by atoms with Gasteiger partial charge in [-0.2, -0.15) is 0 Å². The first-order valence-electron chi connectivity index (χ1n) is 13.8. The van der Waals surface area contributed by atoms with E-state index < -0.39 is 23.9 Å². The molecule has 3 aromatic rings. The highest BCUT2D eigenvalue weighted by Gasteiger charge is 2.24. The number of nitrogen functional groups attached to an aromatic ring is 1. The number of ether oxygens (including phenoxy) is 2. The summed E-state index contributed by atoms with van der Waals surface area (Å²) in [4.78, 5) is 57.2. The van der Waals surface area contributed by atoms with Crippen molar-refractivity contribution in [1.82, 2.24) is 15.3 Å². The first kappa shape index (κ1) is 30.8. The molecule has 216 valence electrons. The van der Waals surface area contributed by atoms with E-state index in [2.05, 4.69) is 15.3 Å². The van der Waals surface area contributed by atoms with Crippen molar-refractivity contribution in [2.75, 3.05) is 18.9 Å². The van der Waals surface area contributed by atoms with E-state index in [1.54, 1.807) is 26.0 Å². The number of fused-ring (bicyclic) bond motifs is 1. The molecular weight excluding hydrogens is 532 g/mol. The van der Waals surface area contributed by atoms with E-state index in [9.17, 15) is 19.2 Å². The summed E-state index contributed by atoms with van der Waals surface area (Å²) in [5, 5.41) is 3.29. The van der Waals surface area contributed by atoms with Crippen molar-refractivity contribution in [2.45, 2.75) is 77.7 Å². The smallest absolute Gasteiger partial charge is 0.328 e. The van der Waals surface area contributed by atoms with Crippen LogP contribution in [0.25, 0.3) is 10.2 Å². The number of nitrogens with zero attached hydrogens (tertiary/aromatic N) is 1. The van der Waals surface area contributed by atoms with Crippen molar-refractivity contribution >= 4 is 45.3 Å². The van der Waals surface area contributed by atoms with Gasteiger partial charge in [-0.05, 0) is 69.7 Å². The van der Waals surface area contributed by atoms with Gasteiger partial charge in [0, 0.05) is 16.9 Å². The summed E-state index contributed by atoms with van der Waals surface area (Å²) in [6, 6.07) is 8.34. The molecule has 0 saturated carbocycles. The van der Waals surface area contributed by atoms with Gasteiger partial charge in [-0.15, -0.1) is 11.3 Å². The maximum absolute atomic E-state index is 12.7. The molecule has 0 unspecified atom stereocenters. The van der Waals surface area contributed by atoms with Gasteiger partial charge in [-0.1, -0.05) is 31.4 Å². The standard InChI is InChI=1S/C29H38N4O6S/c1-3-38-24(34)17-16-23(28(37)39-4-2)31-25(35)20-14-12-19(13-15-20)10-8-6-5-7-9-11-21-18-22-26(36)32-29(30)33-27(22)40-21/h12-15,18,23H,3-11,16-17H2,1-2H3,(H,31,35)(H3,30,32,33,36)/t23-/m0/s1. The fraction of sp³-hybridized carbons (Fsp3) is 0.483. The maximum Gasteiger partial charge on any atom is 0.328 e. The predicted molar refractivity (Wildman–Crippen MR) is 155 cm³/mol. The van der Waals surface area contributed by atoms with Crippen molar-refractivity contribution < 1.29 is 23.9 Å². The van der Waals surface area contributed by atoms with Crippen molar-refractivity contribution in [3.8, 4) is 0 Å². The van der Waals surface area contributed by atoms with Gasteiger partial charge in [-0.3, -0.25) is 19.4 Å². The van der Waals surface area contributed by atoms with Gasteiger partial charge in [0.25, 0.3) is 11.5 Å². The quantitative estimate of drug-likeness (QED) is 0.170. The van der Waals surface area contributed by atoms with Crippen LogP contribution in [0, 0.1) is 0 Å². The molecule has 11 heteroatoms. The Morgan fingerprint density at radius 2 is 1.68 bits per heavy atom. The third-order valence-corrected chi connectivity index (χ3v) is 7.48. The zero-order chi connectivity index (χ0) is 28.9. The van der Waals surface area contributed by atoms with E-state index in [0.717, 1.165) is 55.4 Å². The largest absolute Gasteiger partial charge is 0.466 e. The minimum Gasteiger partial charge on any atom is -0.466 e. The third kappa shape index (κ3) is 9.48. The number of carbonyl (C=O) groups excluding carboxylic acids is 3. The fourth-order valence-electron chi connectivity index (χ4n) is 4.33. The lowest BCUT2D eigenvalue weighted by Crippen LogP contribution is -2.42. The van der Waals surface area contributed by atoms with Gasteiger partial charge in [0.2, 0.25) is 5.95 Å². The van der Waals surface area contributed by atoms with Crippen LogP contribution in [0.4, 0.5) is 5.95 Å². The zero-order valence-corrected chi connectivity index (χ0v) is 23.9. The number of nitrogens with two attached hydrogens (primary N) is 1. The third-order valence-electron chi connectivity index (χ3n) is 6.40. The molecular formula is C29H38N4O6S. The van der Waals surface area contributed by atoms with Crippen LogP contribution in [-0.2, 0) is 31.9 Å². The van der Waals surface area contributed by atoms with Crippen LogP contribution in [-0.4, -0.2) is 47.1 Å². The van der Waals surface area contributed by atoms with Crippen molar-refractivity contribution in [2.24, 2.45) is 0 Å². The molecule has 0 radical (unpaired) electrons. The van der Waals surface area contributed by atoms with Crippen molar-refractivity contribution in [1.29, 1.82) is 0 Å². The van der Waals surface area contributed by atoms with Crippen LogP contribution >= 0.6 is 11.3 Å². The van der Waals surface area contributed by atoms with Gasteiger partial charge >= 0.3 is 11.9 Å². The average Bonchev–Trinajstić information content (AvgIpc) is 3.34. The SMILES string of the molecule is CCOC(=O)CC[C@H](NC(=O)c1ccc(CCCCCCCc2cc3c(=O)[nH]c(N)nc3s2)cc1)C(=O)OCC. The number of carbonyl (C=O) groups is 3. The lowest BCUT2D eigenvalue weighted by Gasteiger charge is -2.17. The van der Waals surface area contributed by atoms with Crippen LogP contribution in [0.1, 0.15) is 79.6 Å². The Morgan fingerprint density at radius 3 is 2.38 bits per heavy atom. The maximum atomic E-state index is 12.7. The van der Waals surface area contributed by atoms with Gasteiger partial charge in [0.15, 0.2) is 0 Å². The van der Waals surface area contributed by atoms with Crippen LogP contribution < -0.4 is 16.6 Å². The molecule has 0 aliphatic heterocycles. The summed E-state index contributed by atoms with van der Waals surface area (Å²) in [6.45, 7) is 3.84. The number of rotatable bonds is 16. The number of nitrogens with one attached hydrogen (secondary N) is 2. The van der Waals surface area contributed by atoms with Crippen LogP contribution in [0.15, 0.2) is 35.1 Å². The number of hydrogen-bond acceptors (Lipinski definition) is 9. The van der Waals surface area contributed by atoms with Crippen LogP contribution in [0.3, 0.4) is 0 Å². The Kier molecular flexibility index (Phi) is 12.1. The van der Waals surface area contributed by atoms with Crippen molar-refractivity contribution in [3.63, 3.8) is 0 Å². The first-order chi connectivity index (χ1) is 19.3. The number of anilines is 1. The highest BCUT2D eigenvalue weighted by Crippen LogP contribution is 2.23. The van der Waals surface area contributed by atoms with E-state index in [1.807, 2.05) is 18.2 Å². The summed E-state index contributed by atoms with van der Waals surface area (Å²) in [5.74, 6) is -1.24. The molecule has 0 spiro atoms. The number of esters is 2. The Labute approximate surface area is 237 Å². The Bertz CT molecular complexity index is 1330. The minimum atomic E-state index is -0.923. The summed E-state index contributed by atoms with van der Waals surface area (Å²) in [5.41, 5.74) is 7.01. The number of thiophene rings is 1. The predicted octanol–water partition coefficient (Wildman–Crippen LogP) is 4.31. The number of benzene rings is 1. The molecule has 2 heterocycles. The normalized spacial score (nSPS) is 11.8. The zero-order valence-electron chi connectivity index (χ0n) is 23.1.